The smallest absolute Gasteiger partial charge is 0.278 e. The summed E-state index contributed by atoms with van der Waals surface area (Å²) in [7, 11) is 1.72. The summed E-state index contributed by atoms with van der Waals surface area (Å²) in [4.78, 5) is 11.9. The Morgan fingerprint density at radius 3 is 2.88 bits per heavy atom. The zero-order valence-corrected chi connectivity index (χ0v) is 11.3. The van der Waals surface area contributed by atoms with E-state index in [1.54, 1.807) is 13.2 Å². The summed E-state index contributed by atoms with van der Waals surface area (Å²) in [5.41, 5.74) is 7.02. The molecule has 0 saturated heterocycles. The summed E-state index contributed by atoms with van der Waals surface area (Å²) in [6, 6.07) is 7.52. The second-order valence-corrected chi connectivity index (χ2v) is 4.82. The van der Waals surface area contributed by atoms with Gasteiger partial charge in [0.15, 0.2) is 5.69 Å². The van der Waals surface area contributed by atoms with Gasteiger partial charge in [-0.25, -0.2) is 0 Å². The first-order valence-electron chi connectivity index (χ1n) is 4.92. The van der Waals surface area contributed by atoms with E-state index in [0.717, 1.165) is 9.26 Å². The van der Waals surface area contributed by atoms with E-state index in [0.29, 0.717) is 5.69 Å². The largest absolute Gasteiger partial charge is 0.396 e. The number of hydrogen-bond donors (Lipinski definition) is 2. The molecule has 0 aliphatic carbocycles. The number of nitrogens with two attached hydrogens (primary N) is 1. The lowest BCUT2D eigenvalue weighted by Gasteiger charge is -2.03. The van der Waals surface area contributed by atoms with E-state index >= 15 is 0 Å². The van der Waals surface area contributed by atoms with Gasteiger partial charge >= 0.3 is 0 Å². The molecule has 5 nitrogen and oxygen atoms in total. The van der Waals surface area contributed by atoms with Crippen molar-refractivity contribution in [3.8, 4) is 0 Å². The fourth-order valence-corrected chi connectivity index (χ4v) is 1.98. The minimum absolute atomic E-state index is 0.242. The molecule has 6 heteroatoms. The molecule has 0 bridgehead atoms. The Morgan fingerprint density at radius 2 is 2.29 bits per heavy atom. The number of halogens is 1. The fourth-order valence-electron chi connectivity index (χ4n) is 1.44. The summed E-state index contributed by atoms with van der Waals surface area (Å²) >= 11 is 2.18. The molecule has 1 aromatic heterocycles. The number of nitrogens with one attached hydrogen (secondary N) is 1. The van der Waals surface area contributed by atoms with Crippen LogP contribution in [0.25, 0.3) is 0 Å². The number of aromatic nitrogens is 2. The third kappa shape index (κ3) is 2.76. The molecule has 0 aliphatic heterocycles. The van der Waals surface area contributed by atoms with Crippen LogP contribution in [-0.4, -0.2) is 15.7 Å². The molecule has 2 aromatic rings. The van der Waals surface area contributed by atoms with E-state index in [1.807, 2.05) is 24.3 Å². The van der Waals surface area contributed by atoms with E-state index in [2.05, 4.69) is 33.0 Å². The van der Waals surface area contributed by atoms with Crippen LogP contribution in [-0.2, 0) is 7.05 Å². The lowest BCUT2D eigenvalue weighted by Crippen LogP contribution is -2.14. The highest BCUT2D eigenvalue weighted by molar-refractivity contribution is 14.1. The molecule has 2 rings (SSSR count). The van der Waals surface area contributed by atoms with Crippen molar-refractivity contribution in [2.24, 2.45) is 7.05 Å². The van der Waals surface area contributed by atoms with Crippen LogP contribution >= 0.6 is 22.6 Å². The van der Waals surface area contributed by atoms with Gasteiger partial charge in [0.25, 0.3) is 5.91 Å². The van der Waals surface area contributed by atoms with Crippen LogP contribution in [0, 0.1) is 3.57 Å². The summed E-state index contributed by atoms with van der Waals surface area (Å²) in [6.07, 6.45) is 1.60. The molecule has 0 saturated carbocycles. The number of nitrogen functional groups attached to an aromatic ring is 1. The van der Waals surface area contributed by atoms with E-state index in [-0.39, 0.29) is 11.6 Å². The van der Waals surface area contributed by atoms with E-state index in [1.165, 1.54) is 4.68 Å². The minimum atomic E-state index is -0.301. The number of hydrogen-bond acceptors (Lipinski definition) is 3. The van der Waals surface area contributed by atoms with Gasteiger partial charge in [-0.05, 0) is 40.8 Å². The van der Waals surface area contributed by atoms with Crippen molar-refractivity contribution < 1.29 is 4.79 Å². The molecular formula is C11H11IN4O. The lowest BCUT2D eigenvalue weighted by atomic mass is 10.3. The van der Waals surface area contributed by atoms with Gasteiger partial charge in [0.05, 0.1) is 5.69 Å². The van der Waals surface area contributed by atoms with Crippen LogP contribution < -0.4 is 11.1 Å². The highest BCUT2D eigenvalue weighted by Crippen LogP contribution is 2.15. The third-order valence-electron chi connectivity index (χ3n) is 2.15. The molecule has 17 heavy (non-hydrogen) atoms. The maximum absolute atomic E-state index is 11.9. The first kappa shape index (κ1) is 11.9. The van der Waals surface area contributed by atoms with Crippen LogP contribution in [0.4, 0.5) is 11.4 Å². The van der Waals surface area contributed by atoms with E-state index in [4.69, 9.17) is 5.73 Å². The predicted octanol–water partition coefficient (Wildman–Crippen LogP) is 1.86. The van der Waals surface area contributed by atoms with Gasteiger partial charge in [-0.1, -0.05) is 6.07 Å². The van der Waals surface area contributed by atoms with Gasteiger partial charge < -0.3 is 11.1 Å². The second-order valence-electron chi connectivity index (χ2n) is 3.57. The molecule has 88 valence electrons. The normalized spacial score (nSPS) is 10.2. The fraction of sp³-hybridized carbons (Fsp3) is 0.0909. The molecule has 3 N–H and O–H groups in total. The Bertz CT molecular complexity index is 564. The first-order chi connectivity index (χ1) is 8.06. The quantitative estimate of drug-likeness (QED) is 0.819. The molecule has 0 spiro atoms. The minimum Gasteiger partial charge on any atom is -0.396 e. The van der Waals surface area contributed by atoms with Gasteiger partial charge in [0.1, 0.15) is 0 Å². The highest BCUT2D eigenvalue weighted by atomic mass is 127. The zero-order valence-electron chi connectivity index (χ0n) is 9.14. The Labute approximate surface area is 112 Å². The predicted molar refractivity (Wildman–Crippen MR) is 74.7 cm³/mol. The van der Waals surface area contributed by atoms with Gasteiger partial charge in [0.2, 0.25) is 0 Å². The summed E-state index contributed by atoms with van der Waals surface area (Å²) in [5, 5.41) is 6.76. The maximum atomic E-state index is 11.9. The van der Waals surface area contributed by atoms with E-state index in [9.17, 15) is 4.79 Å². The number of aryl methyl sites for hydroxylation is 1. The summed E-state index contributed by atoms with van der Waals surface area (Å²) in [6.45, 7) is 0. The van der Waals surface area contributed by atoms with Crippen molar-refractivity contribution in [2.45, 2.75) is 0 Å². The van der Waals surface area contributed by atoms with Gasteiger partial charge in [-0.2, -0.15) is 5.10 Å². The van der Waals surface area contributed by atoms with Crippen molar-refractivity contribution in [1.29, 1.82) is 0 Å². The maximum Gasteiger partial charge on any atom is 0.278 e. The average Bonchev–Trinajstić information content (AvgIpc) is 2.58. The second kappa shape index (κ2) is 4.74. The van der Waals surface area contributed by atoms with Gasteiger partial charge in [-0.3, -0.25) is 9.48 Å². The topological polar surface area (TPSA) is 72.9 Å². The van der Waals surface area contributed by atoms with Gasteiger partial charge in [-0.15, -0.1) is 0 Å². The average molecular weight is 342 g/mol. The van der Waals surface area contributed by atoms with Crippen molar-refractivity contribution in [1.82, 2.24) is 9.78 Å². The van der Waals surface area contributed by atoms with Crippen LogP contribution in [0.5, 0.6) is 0 Å². The van der Waals surface area contributed by atoms with Crippen LogP contribution in [0.2, 0.25) is 0 Å². The molecule has 1 heterocycles. The monoisotopic (exact) mass is 342 g/mol. The third-order valence-corrected chi connectivity index (χ3v) is 2.83. The van der Waals surface area contributed by atoms with Crippen molar-refractivity contribution in [3.63, 3.8) is 0 Å². The molecule has 0 unspecified atom stereocenters. The molecule has 0 aliphatic rings. The molecule has 0 fully saturated rings. The standard InChI is InChI=1S/C11H11IN4O/c1-16-6-9(13)10(15-16)11(17)14-8-4-2-3-7(12)5-8/h2-6H,13H2,1H3,(H,14,17). The first-order valence-corrected chi connectivity index (χ1v) is 6.00. The summed E-state index contributed by atoms with van der Waals surface area (Å²) in [5.74, 6) is -0.301. The summed E-state index contributed by atoms with van der Waals surface area (Å²) < 4.78 is 2.56. The van der Waals surface area contributed by atoms with E-state index < -0.39 is 0 Å². The van der Waals surface area contributed by atoms with Crippen molar-refractivity contribution in [3.05, 3.63) is 39.7 Å². The molecule has 1 aromatic carbocycles. The molecule has 0 radical (unpaired) electrons. The molecular weight excluding hydrogens is 331 g/mol. The molecule has 0 atom stereocenters. The number of benzene rings is 1. The van der Waals surface area contributed by atoms with Crippen LogP contribution in [0.1, 0.15) is 10.5 Å². The Morgan fingerprint density at radius 1 is 1.53 bits per heavy atom. The Balaban J connectivity index is 2.20. The number of amides is 1. The SMILES string of the molecule is Cn1cc(N)c(C(=O)Nc2cccc(I)c2)n1. The van der Waals surface area contributed by atoms with Crippen molar-refractivity contribution in [2.75, 3.05) is 11.1 Å². The number of rotatable bonds is 2. The van der Waals surface area contributed by atoms with Crippen LogP contribution in [0.15, 0.2) is 30.5 Å². The van der Waals surface area contributed by atoms with Crippen molar-refractivity contribution >= 4 is 39.9 Å². The number of nitrogens with zero attached hydrogens (tertiary/aromatic N) is 2. The lowest BCUT2D eigenvalue weighted by molar-refractivity contribution is 0.102. The Hall–Kier alpha value is -1.57. The Kier molecular flexibility index (Phi) is 3.32. The number of carbonyl (C=O) groups is 1. The zero-order chi connectivity index (χ0) is 12.4. The number of anilines is 2. The number of carbonyl (C=O) groups excluding carboxylic acids is 1. The molecule has 1 amide bonds. The van der Waals surface area contributed by atoms with Crippen LogP contribution in [0.3, 0.4) is 0 Å². The highest BCUT2D eigenvalue weighted by Gasteiger charge is 2.13. The van der Waals surface area contributed by atoms with Gasteiger partial charge in [0, 0.05) is 22.5 Å².